The molecule has 0 spiro atoms. The van der Waals surface area contributed by atoms with E-state index in [9.17, 15) is 0 Å². The van der Waals surface area contributed by atoms with E-state index in [2.05, 4.69) is 30.4 Å². The van der Waals surface area contributed by atoms with Crippen molar-refractivity contribution in [2.24, 2.45) is 0 Å². The number of hydrogen-bond donors (Lipinski definition) is 1. The third-order valence-electron chi connectivity index (χ3n) is 4.76. The van der Waals surface area contributed by atoms with Crippen LogP contribution in [0.5, 0.6) is 17.2 Å². The third kappa shape index (κ3) is 2.82. The number of hydrogen-bond acceptors (Lipinski definition) is 4. The highest BCUT2D eigenvalue weighted by Gasteiger charge is 2.27. The second kappa shape index (κ2) is 7.14. The summed E-state index contributed by atoms with van der Waals surface area (Å²) in [6, 6.07) is 10.6. The topological polar surface area (TPSA) is 39.7 Å². The summed E-state index contributed by atoms with van der Waals surface area (Å²) in [7, 11) is 5.10. The molecule has 1 atom stereocenters. The van der Waals surface area contributed by atoms with E-state index in [-0.39, 0.29) is 6.04 Å². The highest BCUT2D eigenvalue weighted by molar-refractivity contribution is 5.55. The summed E-state index contributed by atoms with van der Waals surface area (Å²) >= 11 is 0. The second-order valence-electron chi connectivity index (χ2n) is 5.92. The van der Waals surface area contributed by atoms with E-state index >= 15 is 0 Å². The Kier molecular flexibility index (Phi) is 4.95. The van der Waals surface area contributed by atoms with Crippen molar-refractivity contribution in [1.29, 1.82) is 0 Å². The molecule has 1 aliphatic rings. The van der Waals surface area contributed by atoms with Gasteiger partial charge in [-0.2, -0.15) is 0 Å². The molecule has 0 saturated heterocycles. The molecule has 0 amide bonds. The van der Waals surface area contributed by atoms with Crippen LogP contribution in [0.4, 0.5) is 0 Å². The maximum absolute atomic E-state index is 5.64. The molecular formula is C20H25NO3. The van der Waals surface area contributed by atoms with E-state index in [4.69, 9.17) is 14.2 Å². The normalized spacial score (nSPS) is 16.4. The number of aryl methyl sites for hydroxylation is 1. The van der Waals surface area contributed by atoms with Gasteiger partial charge in [-0.15, -0.1) is 0 Å². The predicted octanol–water partition coefficient (Wildman–Crippen LogP) is 3.51. The van der Waals surface area contributed by atoms with Gasteiger partial charge in [-0.05, 0) is 47.7 Å². The van der Waals surface area contributed by atoms with Crippen LogP contribution in [0.1, 0.15) is 35.2 Å². The Morgan fingerprint density at radius 2 is 1.79 bits per heavy atom. The SMILES string of the molecule is CCc1cc(OC)ccc1C1NCCc2c1ccc(OC)c2OC. The van der Waals surface area contributed by atoms with E-state index in [0.717, 1.165) is 36.6 Å². The van der Waals surface area contributed by atoms with Gasteiger partial charge in [0.05, 0.1) is 27.4 Å². The van der Waals surface area contributed by atoms with Gasteiger partial charge in [-0.3, -0.25) is 0 Å². The van der Waals surface area contributed by atoms with Gasteiger partial charge in [0, 0.05) is 12.1 Å². The van der Waals surface area contributed by atoms with Crippen molar-refractivity contribution in [1.82, 2.24) is 5.32 Å². The van der Waals surface area contributed by atoms with Crippen LogP contribution in [0.3, 0.4) is 0 Å². The van der Waals surface area contributed by atoms with Crippen molar-refractivity contribution in [2.75, 3.05) is 27.9 Å². The van der Waals surface area contributed by atoms with E-state index in [1.807, 2.05) is 12.1 Å². The molecule has 4 nitrogen and oxygen atoms in total. The lowest BCUT2D eigenvalue weighted by Gasteiger charge is -2.30. The van der Waals surface area contributed by atoms with Gasteiger partial charge >= 0.3 is 0 Å². The van der Waals surface area contributed by atoms with Crippen LogP contribution in [0.25, 0.3) is 0 Å². The molecule has 0 aromatic heterocycles. The van der Waals surface area contributed by atoms with Gasteiger partial charge in [0.2, 0.25) is 0 Å². The number of fused-ring (bicyclic) bond motifs is 1. The highest BCUT2D eigenvalue weighted by Crippen LogP contribution is 2.40. The van der Waals surface area contributed by atoms with Crippen LogP contribution in [-0.2, 0) is 12.8 Å². The van der Waals surface area contributed by atoms with Crippen molar-refractivity contribution < 1.29 is 14.2 Å². The van der Waals surface area contributed by atoms with E-state index in [0.29, 0.717) is 0 Å². The van der Waals surface area contributed by atoms with Crippen molar-refractivity contribution in [3.8, 4) is 17.2 Å². The maximum atomic E-state index is 5.64. The molecule has 0 saturated carbocycles. The number of ether oxygens (including phenoxy) is 3. The first-order chi connectivity index (χ1) is 11.7. The second-order valence-corrected chi connectivity index (χ2v) is 5.92. The molecule has 1 aliphatic heterocycles. The standard InChI is InChI=1S/C20H25NO3/c1-5-13-12-14(22-2)6-7-15(13)19-16-8-9-18(23-3)20(24-4)17(16)10-11-21-19/h6-9,12,19,21H,5,10-11H2,1-4H3. The molecule has 0 fully saturated rings. The lowest BCUT2D eigenvalue weighted by Crippen LogP contribution is -2.31. The van der Waals surface area contributed by atoms with E-state index in [1.54, 1.807) is 21.3 Å². The average molecular weight is 327 g/mol. The minimum absolute atomic E-state index is 0.161. The fraction of sp³-hybridized carbons (Fsp3) is 0.400. The minimum atomic E-state index is 0.161. The van der Waals surface area contributed by atoms with Crippen molar-refractivity contribution in [3.05, 3.63) is 52.6 Å². The van der Waals surface area contributed by atoms with Gasteiger partial charge in [-0.25, -0.2) is 0 Å². The highest BCUT2D eigenvalue weighted by atomic mass is 16.5. The Bertz CT molecular complexity index is 727. The summed E-state index contributed by atoms with van der Waals surface area (Å²) in [5.74, 6) is 2.55. The number of methoxy groups -OCH3 is 3. The zero-order chi connectivity index (χ0) is 17.1. The number of benzene rings is 2. The minimum Gasteiger partial charge on any atom is -0.497 e. The van der Waals surface area contributed by atoms with E-state index < -0.39 is 0 Å². The Labute approximate surface area is 143 Å². The zero-order valence-corrected chi connectivity index (χ0v) is 14.8. The molecule has 0 radical (unpaired) electrons. The summed E-state index contributed by atoms with van der Waals surface area (Å²) in [6.07, 6.45) is 1.90. The zero-order valence-electron chi connectivity index (χ0n) is 14.8. The monoisotopic (exact) mass is 327 g/mol. The van der Waals surface area contributed by atoms with Gasteiger partial charge in [0.25, 0.3) is 0 Å². The van der Waals surface area contributed by atoms with Gasteiger partial charge < -0.3 is 19.5 Å². The van der Waals surface area contributed by atoms with E-state index in [1.165, 1.54) is 22.3 Å². The first kappa shape index (κ1) is 16.7. The molecule has 3 rings (SSSR count). The lowest BCUT2D eigenvalue weighted by atomic mass is 9.86. The van der Waals surface area contributed by atoms with Crippen molar-refractivity contribution in [2.45, 2.75) is 25.8 Å². The molecule has 2 aromatic rings. The summed E-state index contributed by atoms with van der Waals surface area (Å²) in [5.41, 5.74) is 5.10. The summed E-state index contributed by atoms with van der Waals surface area (Å²) in [5, 5.41) is 3.66. The van der Waals surface area contributed by atoms with Crippen LogP contribution >= 0.6 is 0 Å². The third-order valence-corrected chi connectivity index (χ3v) is 4.76. The van der Waals surface area contributed by atoms with Crippen LogP contribution in [0.2, 0.25) is 0 Å². The first-order valence-electron chi connectivity index (χ1n) is 8.37. The molecule has 0 bridgehead atoms. The van der Waals surface area contributed by atoms with Crippen molar-refractivity contribution >= 4 is 0 Å². The molecule has 1 heterocycles. The molecule has 1 N–H and O–H groups in total. The fourth-order valence-electron chi connectivity index (χ4n) is 3.56. The van der Waals surface area contributed by atoms with Gasteiger partial charge in [-0.1, -0.05) is 19.1 Å². The quantitative estimate of drug-likeness (QED) is 0.912. The Balaban J connectivity index is 2.10. The van der Waals surface area contributed by atoms with Crippen LogP contribution < -0.4 is 19.5 Å². The Hall–Kier alpha value is -2.20. The smallest absolute Gasteiger partial charge is 0.164 e. The molecule has 4 heteroatoms. The fourth-order valence-corrected chi connectivity index (χ4v) is 3.56. The number of nitrogens with one attached hydrogen (secondary N) is 1. The molecule has 128 valence electrons. The lowest BCUT2D eigenvalue weighted by molar-refractivity contribution is 0.348. The Morgan fingerprint density at radius 1 is 1.00 bits per heavy atom. The molecule has 24 heavy (non-hydrogen) atoms. The van der Waals surface area contributed by atoms with Gasteiger partial charge in [0.15, 0.2) is 11.5 Å². The average Bonchev–Trinajstić information content (AvgIpc) is 2.65. The van der Waals surface area contributed by atoms with Crippen LogP contribution in [0.15, 0.2) is 30.3 Å². The largest absolute Gasteiger partial charge is 0.497 e. The molecule has 2 aromatic carbocycles. The summed E-state index contributed by atoms with van der Waals surface area (Å²) in [4.78, 5) is 0. The van der Waals surface area contributed by atoms with Gasteiger partial charge in [0.1, 0.15) is 5.75 Å². The van der Waals surface area contributed by atoms with Crippen LogP contribution in [0, 0.1) is 0 Å². The Morgan fingerprint density at radius 3 is 2.46 bits per heavy atom. The van der Waals surface area contributed by atoms with Crippen LogP contribution in [-0.4, -0.2) is 27.9 Å². The maximum Gasteiger partial charge on any atom is 0.164 e. The summed E-state index contributed by atoms with van der Waals surface area (Å²) < 4.78 is 16.5. The first-order valence-corrected chi connectivity index (χ1v) is 8.37. The number of rotatable bonds is 5. The summed E-state index contributed by atoms with van der Waals surface area (Å²) in [6.45, 7) is 3.09. The molecular weight excluding hydrogens is 302 g/mol. The molecule has 0 aliphatic carbocycles. The van der Waals surface area contributed by atoms with Crippen molar-refractivity contribution in [3.63, 3.8) is 0 Å². The molecule has 1 unspecified atom stereocenters. The predicted molar refractivity (Wildman–Crippen MR) is 95.5 cm³/mol.